The molecule has 9 heteroatoms. The van der Waals surface area contributed by atoms with Gasteiger partial charge in [0.05, 0.1) is 33.9 Å². The third-order valence-electron chi connectivity index (χ3n) is 5.93. The van der Waals surface area contributed by atoms with Crippen molar-refractivity contribution < 1.29 is 9.13 Å². The maximum atomic E-state index is 14.8. The molecule has 2 aromatic carbocycles. The number of aryl methyl sites for hydroxylation is 1. The van der Waals surface area contributed by atoms with Crippen molar-refractivity contribution in [3.63, 3.8) is 0 Å². The highest BCUT2D eigenvalue weighted by atomic mass is 35.5. The van der Waals surface area contributed by atoms with Crippen molar-refractivity contribution in [2.24, 2.45) is 14.1 Å². The van der Waals surface area contributed by atoms with Gasteiger partial charge in [-0.15, -0.1) is 0 Å². The molecule has 4 aromatic rings. The highest BCUT2D eigenvalue weighted by molar-refractivity contribution is 6.36. The van der Waals surface area contributed by atoms with Gasteiger partial charge in [0, 0.05) is 36.8 Å². The zero-order chi connectivity index (χ0) is 22.7. The second-order valence-electron chi connectivity index (χ2n) is 7.71. The Kier molecular flexibility index (Phi) is 5.00. The smallest absolute Gasteiger partial charge is 0.331 e. The fourth-order valence-electron chi connectivity index (χ4n) is 4.47. The number of aromatic nitrogens is 3. The van der Waals surface area contributed by atoms with Gasteiger partial charge in [0.15, 0.2) is 0 Å². The Morgan fingerprint density at radius 1 is 1.06 bits per heavy atom. The minimum absolute atomic E-state index is 0.291. The fourth-order valence-corrected chi connectivity index (χ4v) is 4.96. The van der Waals surface area contributed by atoms with E-state index in [9.17, 15) is 14.0 Å². The summed E-state index contributed by atoms with van der Waals surface area (Å²) in [7, 11) is 3.02. The van der Waals surface area contributed by atoms with Crippen molar-refractivity contribution in [2.45, 2.75) is 12.6 Å². The summed E-state index contributed by atoms with van der Waals surface area (Å²) in [6.07, 6.45) is -0.801. The number of benzene rings is 2. The monoisotopic (exact) mass is 473 g/mol. The fraction of sp³-hybridized carbons (Fsp3) is 0.217. The number of nitrogens with zero attached hydrogens (tertiary/aromatic N) is 3. The van der Waals surface area contributed by atoms with E-state index in [1.807, 2.05) is 4.57 Å². The Morgan fingerprint density at radius 2 is 1.81 bits per heavy atom. The number of hydrogen-bond donors (Lipinski definition) is 0. The second-order valence-corrected chi connectivity index (χ2v) is 8.56. The number of rotatable bonds is 2. The summed E-state index contributed by atoms with van der Waals surface area (Å²) in [6, 6.07) is 11.4. The standard InChI is InChI=1S/C23H18Cl2FN3O3/c1-27-19-17(22(30)28(2)23(27)31)18(13-8-7-12(24)11-15(13)25)29-9-10-32-21(20(19)29)14-5-3-4-6-16(14)26/h3-8,11,21H,9-10H2,1-2H3/t21-/m1/s1. The van der Waals surface area contributed by atoms with Crippen LogP contribution in [0, 0.1) is 5.82 Å². The molecule has 0 aliphatic carbocycles. The SMILES string of the molecule is Cn1c(=O)c2c(-c3ccc(Cl)cc3Cl)n3c(c2n(C)c1=O)[C@@H](c1ccccc1F)OCC3. The van der Waals surface area contributed by atoms with Crippen molar-refractivity contribution >= 4 is 34.1 Å². The van der Waals surface area contributed by atoms with Gasteiger partial charge >= 0.3 is 5.69 Å². The molecule has 1 aliphatic heterocycles. The molecular weight excluding hydrogens is 456 g/mol. The maximum Gasteiger partial charge on any atom is 0.331 e. The van der Waals surface area contributed by atoms with Gasteiger partial charge in [-0.25, -0.2) is 9.18 Å². The zero-order valence-corrected chi connectivity index (χ0v) is 18.7. The first kappa shape index (κ1) is 21.0. The van der Waals surface area contributed by atoms with Crippen molar-refractivity contribution in [1.82, 2.24) is 13.7 Å². The van der Waals surface area contributed by atoms with Gasteiger partial charge in [0.1, 0.15) is 11.9 Å². The van der Waals surface area contributed by atoms with E-state index in [-0.39, 0.29) is 0 Å². The van der Waals surface area contributed by atoms with E-state index < -0.39 is 23.2 Å². The summed E-state index contributed by atoms with van der Waals surface area (Å²) < 4.78 is 25.1. The van der Waals surface area contributed by atoms with Crippen molar-refractivity contribution in [1.29, 1.82) is 0 Å². The van der Waals surface area contributed by atoms with Crippen molar-refractivity contribution in [3.05, 3.63) is 90.4 Å². The molecule has 0 unspecified atom stereocenters. The average Bonchev–Trinajstić information content (AvgIpc) is 3.12. The lowest BCUT2D eigenvalue weighted by molar-refractivity contribution is 0.0457. The number of fused-ring (bicyclic) bond motifs is 3. The Balaban J connectivity index is 1.98. The molecule has 1 aliphatic rings. The van der Waals surface area contributed by atoms with E-state index >= 15 is 0 Å². The number of ether oxygens (including phenoxy) is 1. The molecule has 0 saturated carbocycles. The molecule has 0 N–H and O–H groups in total. The molecule has 0 fully saturated rings. The maximum absolute atomic E-state index is 14.8. The molecular formula is C23H18Cl2FN3O3. The van der Waals surface area contributed by atoms with E-state index in [1.165, 1.54) is 17.7 Å². The minimum atomic E-state index is -0.801. The molecule has 0 spiro atoms. The Morgan fingerprint density at radius 3 is 2.53 bits per heavy atom. The van der Waals surface area contributed by atoms with Crippen molar-refractivity contribution in [2.75, 3.05) is 6.61 Å². The van der Waals surface area contributed by atoms with E-state index in [0.717, 1.165) is 4.57 Å². The van der Waals surface area contributed by atoms with E-state index in [1.54, 1.807) is 43.4 Å². The molecule has 0 radical (unpaired) electrons. The molecule has 164 valence electrons. The summed E-state index contributed by atoms with van der Waals surface area (Å²) >= 11 is 12.6. The predicted octanol–water partition coefficient (Wildman–Crippen LogP) is 4.27. The lowest BCUT2D eigenvalue weighted by Crippen LogP contribution is -2.37. The average molecular weight is 474 g/mol. The van der Waals surface area contributed by atoms with Gasteiger partial charge in [-0.05, 0) is 24.3 Å². The lowest BCUT2D eigenvalue weighted by atomic mass is 10.0. The van der Waals surface area contributed by atoms with Gasteiger partial charge in [-0.3, -0.25) is 13.9 Å². The quantitative estimate of drug-likeness (QED) is 0.436. The van der Waals surface area contributed by atoms with Crippen LogP contribution in [0.3, 0.4) is 0 Å². The molecule has 3 heterocycles. The molecule has 0 saturated heterocycles. The number of halogens is 3. The van der Waals surface area contributed by atoms with E-state index in [4.69, 9.17) is 27.9 Å². The lowest BCUT2D eigenvalue weighted by Gasteiger charge is -2.28. The summed E-state index contributed by atoms with van der Waals surface area (Å²) in [5, 5.41) is 1.14. The predicted molar refractivity (Wildman–Crippen MR) is 122 cm³/mol. The molecule has 0 amide bonds. The normalized spacial score (nSPS) is 15.8. The van der Waals surface area contributed by atoms with Crippen LogP contribution in [-0.4, -0.2) is 20.3 Å². The molecule has 1 atom stereocenters. The summed E-state index contributed by atoms with van der Waals surface area (Å²) in [4.78, 5) is 26.2. The third kappa shape index (κ3) is 2.96. The highest BCUT2D eigenvalue weighted by Crippen LogP contribution is 2.43. The zero-order valence-electron chi connectivity index (χ0n) is 17.2. The van der Waals surface area contributed by atoms with Crippen LogP contribution in [0.1, 0.15) is 17.4 Å². The van der Waals surface area contributed by atoms with Crippen LogP contribution >= 0.6 is 23.2 Å². The molecule has 32 heavy (non-hydrogen) atoms. The Hall–Kier alpha value is -2.87. The van der Waals surface area contributed by atoms with Crippen LogP contribution < -0.4 is 11.2 Å². The first-order chi connectivity index (χ1) is 15.3. The molecule has 2 aromatic heterocycles. The van der Waals surface area contributed by atoms with Crippen LogP contribution in [0.25, 0.3) is 22.2 Å². The van der Waals surface area contributed by atoms with E-state index in [2.05, 4.69) is 0 Å². The molecule has 5 rings (SSSR count). The second kappa shape index (κ2) is 7.62. The van der Waals surface area contributed by atoms with Gasteiger partial charge < -0.3 is 9.30 Å². The largest absolute Gasteiger partial charge is 0.365 e. The molecule has 0 bridgehead atoms. The summed E-state index contributed by atoms with van der Waals surface area (Å²) in [5.41, 5.74) is 1.46. The highest BCUT2D eigenvalue weighted by Gasteiger charge is 2.34. The Bertz CT molecular complexity index is 1520. The minimum Gasteiger partial charge on any atom is -0.365 e. The van der Waals surface area contributed by atoms with Gasteiger partial charge in [0.25, 0.3) is 5.56 Å². The first-order valence-corrected chi connectivity index (χ1v) is 10.7. The van der Waals surface area contributed by atoms with Gasteiger partial charge in [-0.2, -0.15) is 0 Å². The van der Waals surface area contributed by atoms with Gasteiger partial charge in [-0.1, -0.05) is 41.4 Å². The first-order valence-electron chi connectivity index (χ1n) is 9.94. The molecule has 6 nitrogen and oxygen atoms in total. The van der Waals surface area contributed by atoms with E-state index in [0.29, 0.717) is 56.6 Å². The van der Waals surface area contributed by atoms with Crippen LogP contribution in [0.2, 0.25) is 10.0 Å². The number of hydrogen-bond acceptors (Lipinski definition) is 3. The van der Waals surface area contributed by atoms with Crippen LogP contribution in [0.5, 0.6) is 0 Å². The summed E-state index contributed by atoms with van der Waals surface area (Å²) in [5.74, 6) is -0.430. The third-order valence-corrected chi connectivity index (χ3v) is 6.47. The Labute approximate surface area is 192 Å². The van der Waals surface area contributed by atoms with Crippen molar-refractivity contribution in [3.8, 4) is 11.3 Å². The topological polar surface area (TPSA) is 58.2 Å². The summed E-state index contributed by atoms with van der Waals surface area (Å²) in [6.45, 7) is 0.695. The van der Waals surface area contributed by atoms with Crippen LogP contribution in [-0.2, 0) is 25.4 Å². The van der Waals surface area contributed by atoms with Crippen LogP contribution in [0.4, 0.5) is 4.39 Å². The van der Waals surface area contributed by atoms with Gasteiger partial charge in [0.2, 0.25) is 0 Å². The van der Waals surface area contributed by atoms with Crippen LogP contribution in [0.15, 0.2) is 52.1 Å².